The van der Waals surface area contributed by atoms with E-state index >= 15 is 0 Å². The summed E-state index contributed by atoms with van der Waals surface area (Å²) in [4.78, 5) is 0. The van der Waals surface area contributed by atoms with Crippen molar-refractivity contribution >= 4 is 0 Å². The minimum absolute atomic E-state index is 0.345. The lowest BCUT2D eigenvalue weighted by Crippen LogP contribution is -2.28. The van der Waals surface area contributed by atoms with E-state index in [4.69, 9.17) is 9.47 Å². The van der Waals surface area contributed by atoms with Crippen molar-refractivity contribution in [3.05, 3.63) is 87.0 Å². The highest BCUT2D eigenvalue weighted by atomic mass is 16.5. The van der Waals surface area contributed by atoms with Crippen LogP contribution < -0.4 is 9.47 Å². The van der Waals surface area contributed by atoms with Crippen molar-refractivity contribution < 1.29 is 14.6 Å². The van der Waals surface area contributed by atoms with Gasteiger partial charge >= 0.3 is 0 Å². The van der Waals surface area contributed by atoms with Crippen LogP contribution in [0.3, 0.4) is 0 Å². The molecule has 0 saturated heterocycles. The predicted molar refractivity (Wildman–Crippen MR) is 137 cm³/mol. The normalized spacial score (nSPS) is 12.1. The molecule has 0 aliphatic carbocycles. The zero-order valence-electron chi connectivity index (χ0n) is 21.8. The lowest BCUT2D eigenvalue weighted by atomic mass is 9.91. The van der Waals surface area contributed by atoms with Crippen molar-refractivity contribution in [3.8, 4) is 17.2 Å². The highest BCUT2D eigenvalue weighted by Crippen LogP contribution is 2.39. The summed E-state index contributed by atoms with van der Waals surface area (Å²) in [5.74, 6) is 2.17. The van der Waals surface area contributed by atoms with Crippen LogP contribution in [0.4, 0.5) is 0 Å². The number of para-hydroxylation sites is 1. The summed E-state index contributed by atoms with van der Waals surface area (Å²) < 4.78 is 13.1. The zero-order chi connectivity index (χ0) is 24.7. The third-order valence-electron chi connectivity index (χ3n) is 6.46. The van der Waals surface area contributed by atoms with Gasteiger partial charge < -0.3 is 14.6 Å². The average molecular weight is 447 g/mol. The van der Waals surface area contributed by atoms with Gasteiger partial charge in [-0.05, 0) is 138 Å². The number of hydrogen-bond acceptors (Lipinski definition) is 3. The van der Waals surface area contributed by atoms with Crippen LogP contribution in [0.5, 0.6) is 17.2 Å². The Morgan fingerprint density at radius 3 is 1.27 bits per heavy atom. The number of phenols is 1. The van der Waals surface area contributed by atoms with E-state index in [1.165, 1.54) is 0 Å². The van der Waals surface area contributed by atoms with E-state index in [0.29, 0.717) is 5.75 Å². The van der Waals surface area contributed by atoms with E-state index < -0.39 is 11.2 Å². The number of rotatable bonds is 6. The maximum absolute atomic E-state index is 10.2. The molecule has 0 unspecified atom stereocenters. The molecule has 0 aliphatic heterocycles. The molecule has 3 aromatic carbocycles. The molecular formula is C30H38O3. The molecular weight excluding hydrogens is 408 g/mol. The number of aryl methyl sites for hydroxylation is 6. The first kappa shape index (κ1) is 24.7. The third-order valence-corrected chi connectivity index (χ3v) is 6.46. The highest BCUT2D eigenvalue weighted by Gasteiger charge is 2.29. The summed E-state index contributed by atoms with van der Waals surface area (Å²) in [6, 6.07) is 14.6. The van der Waals surface area contributed by atoms with Gasteiger partial charge in [0.1, 0.15) is 28.5 Å². The Bertz CT molecular complexity index is 1120. The average Bonchev–Trinajstić information content (AvgIpc) is 2.71. The smallest absolute Gasteiger partial charge is 0.128 e. The minimum atomic E-state index is -0.551. The summed E-state index contributed by atoms with van der Waals surface area (Å²) in [5, 5.41) is 10.2. The molecule has 0 fully saturated rings. The van der Waals surface area contributed by atoms with E-state index in [0.717, 1.165) is 56.0 Å². The largest absolute Gasteiger partial charge is 0.507 e. The number of hydrogen-bond donors (Lipinski definition) is 1. The molecule has 1 N–H and O–H groups in total. The number of benzene rings is 3. The molecule has 0 aromatic heterocycles. The summed E-state index contributed by atoms with van der Waals surface area (Å²) >= 11 is 0. The van der Waals surface area contributed by atoms with Crippen LogP contribution in [0.25, 0.3) is 0 Å². The van der Waals surface area contributed by atoms with Gasteiger partial charge in [-0.1, -0.05) is 18.2 Å². The van der Waals surface area contributed by atoms with Gasteiger partial charge in [0.25, 0.3) is 0 Å². The van der Waals surface area contributed by atoms with Crippen molar-refractivity contribution in [3.63, 3.8) is 0 Å². The van der Waals surface area contributed by atoms with Gasteiger partial charge in [0, 0.05) is 0 Å². The molecule has 33 heavy (non-hydrogen) atoms. The number of aromatic hydroxyl groups is 1. The molecule has 0 amide bonds. The van der Waals surface area contributed by atoms with E-state index in [2.05, 4.69) is 85.7 Å². The maximum Gasteiger partial charge on any atom is 0.128 e. The molecule has 0 saturated carbocycles. The Morgan fingerprint density at radius 1 is 0.545 bits per heavy atom. The standard InChI is InChI=1S/C30H38O3/c1-18-12-11-13-19(2)27(18)32-30(9,10)25-16-22(5)28(23(6)17-25)33-29(7,8)24-14-20(3)26(31)21(4)15-24/h11-17,31H,1-10H3. The van der Waals surface area contributed by atoms with Crippen LogP contribution in [0, 0.1) is 41.5 Å². The molecule has 176 valence electrons. The fraction of sp³-hybridized carbons (Fsp3) is 0.400. The minimum Gasteiger partial charge on any atom is -0.507 e. The van der Waals surface area contributed by atoms with Gasteiger partial charge in [0.2, 0.25) is 0 Å². The van der Waals surface area contributed by atoms with Crippen LogP contribution >= 0.6 is 0 Å². The van der Waals surface area contributed by atoms with Crippen molar-refractivity contribution in [1.29, 1.82) is 0 Å². The van der Waals surface area contributed by atoms with E-state index in [-0.39, 0.29) is 0 Å². The first-order valence-electron chi connectivity index (χ1n) is 11.6. The molecule has 0 heterocycles. The van der Waals surface area contributed by atoms with Crippen LogP contribution in [-0.2, 0) is 11.2 Å². The molecule has 0 atom stereocenters. The lowest BCUT2D eigenvalue weighted by Gasteiger charge is -2.32. The van der Waals surface area contributed by atoms with Crippen molar-refractivity contribution in [2.24, 2.45) is 0 Å². The van der Waals surface area contributed by atoms with Gasteiger partial charge in [-0.3, -0.25) is 0 Å². The molecule has 0 radical (unpaired) electrons. The molecule has 0 aliphatic rings. The molecule has 0 bridgehead atoms. The second kappa shape index (κ2) is 8.78. The first-order chi connectivity index (χ1) is 15.2. The van der Waals surface area contributed by atoms with Crippen LogP contribution in [0.15, 0.2) is 42.5 Å². The second-order valence-corrected chi connectivity index (χ2v) is 10.3. The Balaban J connectivity index is 1.94. The fourth-order valence-electron chi connectivity index (χ4n) is 4.35. The van der Waals surface area contributed by atoms with Crippen LogP contribution in [-0.4, -0.2) is 5.11 Å². The van der Waals surface area contributed by atoms with Crippen LogP contribution in [0.2, 0.25) is 0 Å². The van der Waals surface area contributed by atoms with E-state index in [1.54, 1.807) is 0 Å². The molecule has 3 aromatic rings. The molecule has 3 rings (SSSR count). The first-order valence-corrected chi connectivity index (χ1v) is 11.6. The Kier molecular flexibility index (Phi) is 6.57. The van der Waals surface area contributed by atoms with E-state index in [1.807, 2.05) is 26.0 Å². The lowest BCUT2D eigenvalue weighted by molar-refractivity contribution is 0.102. The Morgan fingerprint density at radius 2 is 0.879 bits per heavy atom. The summed E-state index contributed by atoms with van der Waals surface area (Å²) in [6.45, 7) is 20.5. The monoisotopic (exact) mass is 446 g/mol. The van der Waals surface area contributed by atoms with Gasteiger partial charge in [-0.2, -0.15) is 0 Å². The van der Waals surface area contributed by atoms with Crippen LogP contribution in [0.1, 0.15) is 72.2 Å². The molecule has 3 nitrogen and oxygen atoms in total. The zero-order valence-corrected chi connectivity index (χ0v) is 21.8. The summed E-state index contributed by atoms with van der Waals surface area (Å²) in [7, 11) is 0. The second-order valence-electron chi connectivity index (χ2n) is 10.3. The Hall–Kier alpha value is -2.94. The maximum atomic E-state index is 10.2. The topological polar surface area (TPSA) is 38.7 Å². The van der Waals surface area contributed by atoms with Gasteiger partial charge in [-0.25, -0.2) is 0 Å². The van der Waals surface area contributed by atoms with Gasteiger partial charge in [0.05, 0.1) is 0 Å². The van der Waals surface area contributed by atoms with Crippen molar-refractivity contribution in [2.75, 3.05) is 0 Å². The number of ether oxygens (including phenoxy) is 2. The van der Waals surface area contributed by atoms with Crippen molar-refractivity contribution in [1.82, 2.24) is 0 Å². The number of phenolic OH excluding ortho intramolecular Hbond substituents is 1. The SMILES string of the molecule is Cc1cc(C(C)(C)Oc2c(C)cc(C(C)(C)Oc3c(C)cccc3C)cc2C)cc(C)c1O. The summed E-state index contributed by atoms with van der Waals surface area (Å²) in [6.07, 6.45) is 0. The van der Waals surface area contributed by atoms with Gasteiger partial charge in [0.15, 0.2) is 0 Å². The fourth-order valence-corrected chi connectivity index (χ4v) is 4.35. The van der Waals surface area contributed by atoms with Gasteiger partial charge in [-0.15, -0.1) is 0 Å². The summed E-state index contributed by atoms with van der Waals surface area (Å²) in [5.41, 5.74) is 7.24. The third kappa shape index (κ3) is 5.03. The molecule has 3 heteroatoms. The van der Waals surface area contributed by atoms with E-state index in [9.17, 15) is 5.11 Å². The quantitative estimate of drug-likeness (QED) is 0.419. The highest BCUT2D eigenvalue weighted by molar-refractivity contribution is 5.48. The predicted octanol–water partition coefficient (Wildman–Crippen LogP) is 7.87. The Labute approximate surface area is 199 Å². The van der Waals surface area contributed by atoms with Crippen molar-refractivity contribution in [2.45, 2.75) is 80.4 Å². The molecule has 0 spiro atoms.